The van der Waals surface area contributed by atoms with Crippen molar-refractivity contribution >= 4 is 23.3 Å². The molecular formula is C16H16ClF3N4O2. The lowest BCUT2D eigenvalue weighted by Gasteiger charge is -2.35. The highest BCUT2D eigenvalue weighted by Crippen LogP contribution is 2.33. The van der Waals surface area contributed by atoms with Crippen LogP contribution in [0, 0.1) is 0 Å². The number of hydrogen-bond donors (Lipinski definition) is 1. The summed E-state index contributed by atoms with van der Waals surface area (Å²) >= 11 is 5.97. The van der Waals surface area contributed by atoms with Crippen molar-refractivity contribution in [2.24, 2.45) is 5.73 Å². The molecule has 0 aliphatic carbocycles. The van der Waals surface area contributed by atoms with Gasteiger partial charge in [0.1, 0.15) is 11.6 Å². The first-order valence-corrected chi connectivity index (χ1v) is 8.23. The second kappa shape index (κ2) is 7.16. The third-order valence-electron chi connectivity index (χ3n) is 4.09. The number of halogens is 4. The maximum atomic E-state index is 12.7. The van der Waals surface area contributed by atoms with Crippen molar-refractivity contribution in [3.8, 4) is 0 Å². The van der Waals surface area contributed by atoms with E-state index in [1.807, 2.05) is 0 Å². The average molecular weight is 389 g/mol. The molecule has 0 spiro atoms. The topological polar surface area (TPSA) is 75.6 Å². The number of nitrogens with two attached hydrogens (primary N) is 1. The largest absolute Gasteiger partial charge is 0.455 e. The molecule has 3 heterocycles. The Morgan fingerprint density at radius 2 is 1.96 bits per heavy atom. The Labute approximate surface area is 152 Å². The number of carbonyl (C=O) groups is 1. The van der Waals surface area contributed by atoms with Crippen molar-refractivity contribution in [2.75, 3.05) is 31.1 Å². The highest BCUT2D eigenvalue weighted by atomic mass is 35.5. The van der Waals surface area contributed by atoms with Gasteiger partial charge in [-0.1, -0.05) is 11.6 Å². The molecule has 1 amide bonds. The van der Waals surface area contributed by atoms with Crippen molar-refractivity contribution in [2.45, 2.75) is 12.7 Å². The molecule has 0 unspecified atom stereocenters. The molecule has 26 heavy (non-hydrogen) atoms. The molecule has 6 nitrogen and oxygen atoms in total. The van der Waals surface area contributed by atoms with E-state index >= 15 is 0 Å². The van der Waals surface area contributed by atoms with Crippen LogP contribution in [0.2, 0.25) is 5.02 Å². The zero-order chi connectivity index (χ0) is 18.9. The number of nitrogens with zero attached hydrogens (tertiary/aromatic N) is 3. The van der Waals surface area contributed by atoms with Crippen LogP contribution in [0.3, 0.4) is 0 Å². The SMILES string of the molecule is NCc1ccc(C(=O)N2CCN(c3ncc(C(F)(F)F)cc3Cl)CC2)o1. The molecule has 0 atom stereocenters. The van der Waals surface area contributed by atoms with Crippen LogP contribution >= 0.6 is 11.6 Å². The summed E-state index contributed by atoms with van der Waals surface area (Å²) in [5, 5.41) is -0.0711. The number of amides is 1. The maximum Gasteiger partial charge on any atom is 0.417 e. The molecule has 2 aromatic heterocycles. The number of furan rings is 1. The Morgan fingerprint density at radius 3 is 2.50 bits per heavy atom. The number of piperazine rings is 1. The molecule has 10 heteroatoms. The number of hydrogen-bond acceptors (Lipinski definition) is 5. The monoisotopic (exact) mass is 388 g/mol. The fourth-order valence-electron chi connectivity index (χ4n) is 2.70. The number of alkyl halides is 3. The number of rotatable bonds is 3. The Kier molecular flexibility index (Phi) is 5.10. The Hall–Kier alpha value is -2.26. The third-order valence-corrected chi connectivity index (χ3v) is 4.37. The van der Waals surface area contributed by atoms with Gasteiger partial charge < -0.3 is 20.0 Å². The Bertz CT molecular complexity index is 801. The van der Waals surface area contributed by atoms with Gasteiger partial charge in [-0.2, -0.15) is 13.2 Å². The van der Waals surface area contributed by atoms with Gasteiger partial charge in [0, 0.05) is 32.4 Å². The summed E-state index contributed by atoms with van der Waals surface area (Å²) in [6, 6.07) is 4.08. The van der Waals surface area contributed by atoms with Gasteiger partial charge in [-0.3, -0.25) is 4.79 Å². The van der Waals surface area contributed by atoms with Crippen LogP contribution in [0.25, 0.3) is 0 Å². The third kappa shape index (κ3) is 3.78. The Balaban J connectivity index is 1.66. The van der Waals surface area contributed by atoms with Crippen LogP contribution in [0.4, 0.5) is 19.0 Å². The summed E-state index contributed by atoms with van der Waals surface area (Å²) < 4.78 is 43.4. The molecule has 1 saturated heterocycles. The first kappa shape index (κ1) is 18.5. The van der Waals surface area contributed by atoms with Gasteiger partial charge in [0.2, 0.25) is 0 Å². The maximum absolute atomic E-state index is 12.7. The average Bonchev–Trinajstić information content (AvgIpc) is 3.09. The van der Waals surface area contributed by atoms with E-state index in [2.05, 4.69) is 4.98 Å². The van der Waals surface area contributed by atoms with Crippen LogP contribution in [0.1, 0.15) is 21.9 Å². The normalized spacial score (nSPS) is 15.4. The van der Waals surface area contributed by atoms with Crippen LogP contribution in [0.15, 0.2) is 28.8 Å². The minimum absolute atomic E-state index is 0.0711. The zero-order valence-electron chi connectivity index (χ0n) is 13.6. The van der Waals surface area contributed by atoms with Crippen LogP contribution in [-0.4, -0.2) is 42.0 Å². The summed E-state index contributed by atoms with van der Waals surface area (Å²) in [4.78, 5) is 19.6. The van der Waals surface area contributed by atoms with Gasteiger partial charge in [0.25, 0.3) is 5.91 Å². The summed E-state index contributed by atoms with van der Waals surface area (Å²) in [5.74, 6) is 0.753. The number of carbonyl (C=O) groups excluding carboxylic acids is 1. The first-order valence-electron chi connectivity index (χ1n) is 7.85. The molecule has 0 saturated carbocycles. The number of anilines is 1. The Morgan fingerprint density at radius 1 is 1.27 bits per heavy atom. The van der Waals surface area contributed by atoms with Crippen molar-refractivity contribution in [3.05, 3.63) is 46.5 Å². The van der Waals surface area contributed by atoms with E-state index in [4.69, 9.17) is 21.8 Å². The second-order valence-electron chi connectivity index (χ2n) is 5.78. The smallest absolute Gasteiger partial charge is 0.417 e. The molecule has 0 aromatic carbocycles. The molecule has 140 valence electrons. The van der Waals surface area contributed by atoms with Gasteiger partial charge in [-0.25, -0.2) is 4.98 Å². The van der Waals surface area contributed by atoms with E-state index in [-0.39, 0.29) is 29.1 Å². The van der Waals surface area contributed by atoms with Crippen LogP contribution in [0.5, 0.6) is 0 Å². The molecular weight excluding hydrogens is 373 g/mol. The van der Waals surface area contributed by atoms with E-state index in [0.29, 0.717) is 31.9 Å². The standard InChI is InChI=1S/C16H16ClF3N4O2/c17-12-7-10(16(18,19)20)9-22-14(12)23-3-5-24(6-4-23)15(25)13-2-1-11(8-21)26-13/h1-2,7,9H,3-6,8,21H2. The summed E-state index contributed by atoms with van der Waals surface area (Å²) in [7, 11) is 0. The van der Waals surface area contributed by atoms with E-state index in [0.717, 1.165) is 12.3 Å². The summed E-state index contributed by atoms with van der Waals surface area (Å²) in [6.07, 6.45) is -3.73. The number of aromatic nitrogens is 1. The molecule has 1 fully saturated rings. The second-order valence-corrected chi connectivity index (χ2v) is 6.18. The predicted molar refractivity (Wildman–Crippen MR) is 89.0 cm³/mol. The lowest BCUT2D eigenvalue weighted by Crippen LogP contribution is -2.49. The summed E-state index contributed by atoms with van der Waals surface area (Å²) in [6.45, 7) is 1.74. The quantitative estimate of drug-likeness (QED) is 0.875. The van der Waals surface area contributed by atoms with Gasteiger partial charge in [-0.05, 0) is 18.2 Å². The highest BCUT2D eigenvalue weighted by Gasteiger charge is 2.32. The fraction of sp³-hybridized carbons (Fsp3) is 0.375. The zero-order valence-corrected chi connectivity index (χ0v) is 14.3. The van der Waals surface area contributed by atoms with E-state index in [1.165, 1.54) is 0 Å². The minimum atomic E-state index is -4.49. The fourth-order valence-corrected chi connectivity index (χ4v) is 2.98. The van der Waals surface area contributed by atoms with E-state index < -0.39 is 11.7 Å². The van der Waals surface area contributed by atoms with Gasteiger partial charge in [0.15, 0.2) is 5.76 Å². The molecule has 0 bridgehead atoms. The van der Waals surface area contributed by atoms with Crippen LogP contribution < -0.4 is 10.6 Å². The van der Waals surface area contributed by atoms with Crippen molar-refractivity contribution in [1.82, 2.24) is 9.88 Å². The molecule has 2 N–H and O–H groups in total. The van der Waals surface area contributed by atoms with Crippen molar-refractivity contribution < 1.29 is 22.4 Å². The lowest BCUT2D eigenvalue weighted by molar-refractivity contribution is -0.137. The van der Waals surface area contributed by atoms with Gasteiger partial charge in [-0.15, -0.1) is 0 Å². The molecule has 3 rings (SSSR count). The number of pyridine rings is 1. The lowest BCUT2D eigenvalue weighted by atomic mass is 10.2. The van der Waals surface area contributed by atoms with Crippen molar-refractivity contribution in [3.63, 3.8) is 0 Å². The minimum Gasteiger partial charge on any atom is -0.455 e. The van der Waals surface area contributed by atoms with Crippen LogP contribution in [-0.2, 0) is 12.7 Å². The molecule has 1 aliphatic rings. The highest BCUT2D eigenvalue weighted by molar-refractivity contribution is 6.33. The van der Waals surface area contributed by atoms with E-state index in [9.17, 15) is 18.0 Å². The molecule has 2 aromatic rings. The first-order chi connectivity index (χ1) is 12.3. The molecule has 0 radical (unpaired) electrons. The van der Waals surface area contributed by atoms with Crippen molar-refractivity contribution in [1.29, 1.82) is 0 Å². The van der Waals surface area contributed by atoms with Gasteiger partial charge in [0.05, 0.1) is 17.1 Å². The van der Waals surface area contributed by atoms with Gasteiger partial charge >= 0.3 is 6.18 Å². The molecule has 1 aliphatic heterocycles. The summed E-state index contributed by atoms with van der Waals surface area (Å²) in [5.41, 5.74) is 4.57. The van der Waals surface area contributed by atoms with E-state index in [1.54, 1.807) is 21.9 Å². The predicted octanol–water partition coefficient (Wildman–Crippen LogP) is 2.77.